The lowest BCUT2D eigenvalue weighted by molar-refractivity contribution is 0.0222. The van der Waals surface area contributed by atoms with Crippen LogP contribution in [0, 0.1) is 0 Å². The Labute approximate surface area is 147 Å². The van der Waals surface area contributed by atoms with Crippen LogP contribution >= 0.6 is 0 Å². The molecule has 0 saturated carbocycles. The average Bonchev–Trinajstić information content (AvgIpc) is 3.18. The number of nitrogens with one attached hydrogen (secondary N) is 1. The number of nitrogens with zero attached hydrogens (tertiary/aromatic N) is 3. The molecule has 8 nitrogen and oxygen atoms in total. The van der Waals surface area contributed by atoms with Crippen LogP contribution in [0.3, 0.4) is 0 Å². The lowest BCUT2D eigenvalue weighted by atomic mass is 10.1. The molecule has 25 heavy (non-hydrogen) atoms. The maximum atomic E-state index is 12.8. The van der Waals surface area contributed by atoms with Gasteiger partial charge in [0.2, 0.25) is 0 Å². The third-order valence-corrected chi connectivity index (χ3v) is 4.55. The van der Waals surface area contributed by atoms with Gasteiger partial charge in [-0.2, -0.15) is 5.10 Å². The van der Waals surface area contributed by atoms with Crippen LogP contribution in [0.25, 0.3) is 0 Å². The van der Waals surface area contributed by atoms with Crippen molar-refractivity contribution in [1.29, 1.82) is 0 Å². The van der Waals surface area contributed by atoms with Crippen LogP contribution in [0.1, 0.15) is 48.9 Å². The zero-order valence-corrected chi connectivity index (χ0v) is 15.3. The predicted octanol–water partition coefficient (Wildman–Crippen LogP) is 1.56. The first-order chi connectivity index (χ1) is 11.8. The van der Waals surface area contributed by atoms with E-state index in [-0.39, 0.29) is 18.1 Å². The summed E-state index contributed by atoms with van der Waals surface area (Å²) in [6.45, 7) is 7.64. The molecule has 0 spiro atoms. The molecule has 2 amide bonds. The first kappa shape index (κ1) is 17.7. The topological polar surface area (TPSA) is 87.8 Å². The van der Waals surface area contributed by atoms with E-state index in [0.717, 1.165) is 17.7 Å². The van der Waals surface area contributed by atoms with E-state index in [1.54, 1.807) is 16.9 Å². The van der Waals surface area contributed by atoms with Gasteiger partial charge in [-0.3, -0.25) is 9.89 Å². The van der Waals surface area contributed by atoms with Gasteiger partial charge < -0.3 is 19.3 Å². The van der Waals surface area contributed by atoms with Crippen LogP contribution in [0.4, 0.5) is 4.79 Å². The second kappa shape index (κ2) is 6.67. The van der Waals surface area contributed by atoms with Crippen molar-refractivity contribution in [3.63, 3.8) is 0 Å². The molecule has 2 aliphatic rings. The van der Waals surface area contributed by atoms with Gasteiger partial charge in [-0.25, -0.2) is 4.79 Å². The minimum atomic E-state index is -0.545. The summed E-state index contributed by atoms with van der Waals surface area (Å²) >= 11 is 0. The standard InChI is InChI=1S/C17H26N4O4/c1-17(2,3)25-16(23)21-8-6-13-12(10-21)14(19-18-13)15(22)20-7-5-11(9-20)24-4/h11H,5-10H2,1-4H3,(H,18,19). The average molecular weight is 350 g/mol. The summed E-state index contributed by atoms with van der Waals surface area (Å²) in [4.78, 5) is 28.5. The Hall–Kier alpha value is -2.09. The summed E-state index contributed by atoms with van der Waals surface area (Å²) in [5.74, 6) is -0.108. The third kappa shape index (κ3) is 3.78. The monoisotopic (exact) mass is 350 g/mol. The summed E-state index contributed by atoms with van der Waals surface area (Å²) in [5.41, 5.74) is 1.57. The second-order valence-electron chi connectivity index (χ2n) is 7.58. The van der Waals surface area contributed by atoms with Crippen molar-refractivity contribution in [3.05, 3.63) is 17.0 Å². The highest BCUT2D eigenvalue weighted by atomic mass is 16.6. The molecule has 8 heteroatoms. The van der Waals surface area contributed by atoms with E-state index in [1.807, 2.05) is 20.8 Å². The Kier molecular flexibility index (Phi) is 4.73. The molecule has 0 bridgehead atoms. The van der Waals surface area contributed by atoms with Gasteiger partial charge in [-0.15, -0.1) is 0 Å². The molecule has 1 atom stereocenters. The van der Waals surface area contributed by atoms with Crippen LogP contribution in [-0.2, 0) is 22.4 Å². The molecule has 1 N–H and O–H groups in total. The minimum absolute atomic E-state index is 0.0805. The summed E-state index contributed by atoms with van der Waals surface area (Å²) in [7, 11) is 1.66. The summed E-state index contributed by atoms with van der Waals surface area (Å²) in [5, 5.41) is 7.18. The number of carbonyl (C=O) groups is 2. The number of amides is 2. The first-order valence-corrected chi connectivity index (χ1v) is 8.64. The number of methoxy groups -OCH3 is 1. The fraction of sp³-hybridized carbons (Fsp3) is 0.706. The zero-order chi connectivity index (χ0) is 18.2. The van der Waals surface area contributed by atoms with Crippen molar-refractivity contribution in [2.75, 3.05) is 26.7 Å². The molecular formula is C17H26N4O4. The Bertz CT molecular complexity index is 664. The molecule has 1 unspecified atom stereocenters. The maximum absolute atomic E-state index is 12.8. The van der Waals surface area contributed by atoms with Gasteiger partial charge in [-0.05, 0) is 27.2 Å². The van der Waals surface area contributed by atoms with Crippen LogP contribution in [0.2, 0.25) is 0 Å². The van der Waals surface area contributed by atoms with Crippen LogP contribution in [0.5, 0.6) is 0 Å². The van der Waals surface area contributed by atoms with Crippen LogP contribution in [0.15, 0.2) is 0 Å². The minimum Gasteiger partial charge on any atom is -0.444 e. The van der Waals surface area contributed by atoms with Crippen molar-refractivity contribution >= 4 is 12.0 Å². The molecule has 138 valence electrons. The van der Waals surface area contributed by atoms with Gasteiger partial charge >= 0.3 is 6.09 Å². The van der Waals surface area contributed by atoms with Crippen LogP contribution < -0.4 is 0 Å². The predicted molar refractivity (Wildman–Crippen MR) is 90.3 cm³/mol. The molecule has 1 aromatic rings. The Balaban J connectivity index is 1.73. The number of hydrogen-bond acceptors (Lipinski definition) is 5. The van der Waals surface area contributed by atoms with Gasteiger partial charge in [0.05, 0.1) is 12.6 Å². The number of fused-ring (bicyclic) bond motifs is 1. The summed E-state index contributed by atoms with van der Waals surface area (Å²) in [6.07, 6.45) is 1.18. The number of rotatable bonds is 2. The SMILES string of the molecule is COC1CCN(C(=O)c2n[nH]c3c2CN(C(=O)OC(C)(C)C)CC3)C1. The fourth-order valence-electron chi connectivity index (χ4n) is 3.21. The van der Waals surface area contributed by atoms with E-state index in [1.165, 1.54) is 0 Å². The highest BCUT2D eigenvalue weighted by Gasteiger charge is 2.34. The van der Waals surface area contributed by atoms with E-state index in [9.17, 15) is 9.59 Å². The van der Waals surface area contributed by atoms with E-state index < -0.39 is 5.60 Å². The van der Waals surface area contributed by atoms with Crippen molar-refractivity contribution in [3.8, 4) is 0 Å². The second-order valence-corrected chi connectivity index (χ2v) is 7.58. The lowest BCUT2D eigenvalue weighted by Gasteiger charge is -2.30. The fourth-order valence-corrected chi connectivity index (χ4v) is 3.21. The number of hydrogen-bond donors (Lipinski definition) is 1. The third-order valence-electron chi connectivity index (χ3n) is 4.55. The maximum Gasteiger partial charge on any atom is 0.410 e. The molecule has 0 aliphatic carbocycles. The number of aromatic nitrogens is 2. The Morgan fingerprint density at radius 1 is 1.24 bits per heavy atom. The molecule has 3 rings (SSSR count). The molecule has 0 radical (unpaired) electrons. The quantitative estimate of drug-likeness (QED) is 0.875. The highest BCUT2D eigenvalue weighted by molar-refractivity contribution is 5.94. The number of aromatic amines is 1. The lowest BCUT2D eigenvalue weighted by Crippen LogP contribution is -2.40. The Morgan fingerprint density at radius 2 is 2.00 bits per heavy atom. The molecule has 1 aromatic heterocycles. The van der Waals surface area contributed by atoms with Crippen molar-refractivity contribution in [2.24, 2.45) is 0 Å². The first-order valence-electron chi connectivity index (χ1n) is 8.64. The van der Waals surface area contributed by atoms with Gasteiger partial charge in [-0.1, -0.05) is 0 Å². The molecule has 2 aliphatic heterocycles. The molecule has 1 saturated heterocycles. The van der Waals surface area contributed by atoms with Gasteiger partial charge in [0.15, 0.2) is 5.69 Å². The smallest absolute Gasteiger partial charge is 0.410 e. The van der Waals surface area contributed by atoms with E-state index in [4.69, 9.17) is 9.47 Å². The zero-order valence-electron chi connectivity index (χ0n) is 15.3. The summed E-state index contributed by atoms with van der Waals surface area (Å²) in [6, 6.07) is 0. The van der Waals surface area contributed by atoms with Crippen molar-refractivity contribution < 1.29 is 19.1 Å². The van der Waals surface area contributed by atoms with E-state index in [0.29, 0.717) is 38.3 Å². The normalized spacial score (nSPS) is 20.6. The van der Waals surface area contributed by atoms with Gasteiger partial charge in [0.25, 0.3) is 5.91 Å². The highest BCUT2D eigenvalue weighted by Crippen LogP contribution is 2.24. The van der Waals surface area contributed by atoms with Gasteiger partial charge in [0.1, 0.15) is 5.60 Å². The number of likely N-dealkylation sites (tertiary alicyclic amines) is 1. The summed E-state index contributed by atoms with van der Waals surface area (Å²) < 4.78 is 10.8. The molecule has 3 heterocycles. The molecule has 0 aromatic carbocycles. The number of carbonyl (C=O) groups excluding carboxylic acids is 2. The van der Waals surface area contributed by atoms with E-state index in [2.05, 4.69) is 10.2 Å². The van der Waals surface area contributed by atoms with Crippen LogP contribution in [-0.4, -0.2) is 70.4 Å². The number of H-pyrrole nitrogens is 1. The molecule has 1 fully saturated rings. The van der Waals surface area contributed by atoms with Crippen molar-refractivity contribution in [1.82, 2.24) is 20.0 Å². The van der Waals surface area contributed by atoms with Gasteiger partial charge in [0, 0.05) is 44.4 Å². The Morgan fingerprint density at radius 3 is 2.64 bits per heavy atom. The molecular weight excluding hydrogens is 324 g/mol. The van der Waals surface area contributed by atoms with Crippen molar-refractivity contribution in [2.45, 2.75) is 51.9 Å². The largest absolute Gasteiger partial charge is 0.444 e. The number of ether oxygens (including phenoxy) is 2. The van der Waals surface area contributed by atoms with E-state index >= 15 is 0 Å².